The molecule has 4 nitrogen and oxygen atoms in total. The van der Waals surface area contributed by atoms with Crippen molar-refractivity contribution in [1.29, 1.82) is 0 Å². The van der Waals surface area contributed by atoms with Gasteiger partial charge in [0.2, 0.25) is 0 Å². The van der Waals surface area contributed by atoms with Crippen LogP contribution >= 0.6 is 11.6 Å². The summed E-state index contributed by atoms with van der Waals surface area (Å²) >= 11 is 5.78. The van der Waals surface area contributed by atoms with Gasteiger partial charge in [-0.1, -0.05) is 48.0 Å². The number of halogens is 4. The summed E-state index contributed by atoms with van der Waals surface area (Å²) in [5.41, 5.74) is -0.453. The maximum absolute atomic E-state index is 12.9. The Balaban J connectivity index is 1.79. The minimum absolute atomic E-state index is 0.182. The van der Waals surface area contributed by atoms with E-state index in [1.807, 2.05) is 30.3 Å². The van der Waals surface area contributed by atoms with E-state index in [0.29, 0.717) is 17.1 Å². The number of hydrogen-bond acceptors (Lipinski definition) is 4. The molecule has 0 fully saturated rings. The van der Waals surface area contributed by atoms with E-state index in [9.17, 15) is 18.3 Å². The monoisotopic (exact) mass is 407 g/mol. The third-order valence-electron chi connectivity index (χ3n) is 4.25. The molecule has 0 spiro atoms. The molecule has 0 aliphatic carbocycles. The maximum atomic E-state index is 12.9. The fraction of sp³-hybridized carbons (Fsp3) is 0.200. The van der Waals surface area contributed by atoms with Gasteiger partial charge in [-0.15, -0.1) is 0 Å². The first-order valence-electron chi connectivity index (χ1n) is 8.38. The van der Waals surface area contributed by atoms with Crippen LogP contribution in [0, 0.1) is 0 Å². The molecule has 1 aromatic heterocycles. The number of nitrogens with zero attached hydrogens (tertiary/aromatic N) is 2. The van der Waals surface area contributed by atoms with E-state index in [0.717, 1.165) is 11.6 Å². The number of aliphatic hydroxyl groups is 1. The van der Waals surface area contributed by atoms with Gasteiger partial charge >= 0.3 is 6.18 Å². The minimum Gasteiger partial charge on any atom is -0.384 e. The lowest BCUT2D eigenvalue weighted by Gasteiger charge is -2.24. The van der Waals surface area contributed by atoms with Crippen LogP contribution < -0.4 is 5.32 Å². The Morgan fingerprint density at radius 2 is 1.75 bits per heavy atom. The molecule has 3 aromatic rings. The fourth-order valence-corrected chi connectivity index (χ4v) is 2.97. The normalized spacial score (nSPS) is 13.8. The van der Waals surface area contributed by atoms with E-state index in [-0.39, 0.29) is 6.54 Å². The van der Waals surface area contributed by atoms with Crippen LogP contribution in [0.5, 0.6) is 0 Å². The topological polar surface area (TPSA) is 58.0 Å². The molecule has 0 saturated heterocycles. The Kier molecular flexibility index (Phi) is 5.58. The third kappa shape index (κ3) is 4.61. The number of hydrogen-bond donors (Lipinski definition) is 2. The molecular formula is C20H17ClF3N3O. The summed E-state index contributed by atoms with van der Waals surface area (Å²) in [6.45, 7) is 1.86. The van der Waals surface area contributed by atoms with Crippen molar-refractivity contribution < 1.29 is 18.3 Å². The van der Waals surface area contributed by atoms with Gasteiger partial charge in [-0.3, -0.25) is 0 Å². The number of rotatable bonds is 5. The first-order chi connectivity index (χ1) is 13.2. The van der Waals surface area contributed by atoms with Gasteiger partial charge < -0.3 is 10.4 Å². The number of benzene rings is 2. The third-order valence-corrected chi connectivity index (χ3v) is 4.56. The summed E-state index contributed by atoms with van der Waals surface area (Å²) < 4.78 is 38.6. The maximum Gasteiger partial charge on any atom is 0.417 e. The zero-order valence-corrected chi connectivity index (χ0v) is 15.6. The largest absolute Gasteiger partial charge is 0.417 e. The van der Waals surface area contributed by atoms with E-state index in [1.54, 1.807) is 13.0 Å². The lowest BCUT2D eigenvalue weighted by Crippen LogP contribution is -2.30. The van der Waals surface area contributed by atoms with Crippen LogP contribution in [0.3, 0.4) is 0 Å². The van der Waals surface area contributed by atoms with Gasteiger partial charge in [0.05, 0.1) is 16.3 Å². The average molecular weight is 408 g/mol. The van der Waals surface area contributed by atoms with E-state index in [4.69, 9.17) is 11.6 Å². The predicted molar refractivity (Wildman–Crippen MR) is 102 cm³/mol. The number of anilines is 1. The standard InChI is InChI=1S/C20H17ClF3N3O/c1-19(28,14-5-3-2-4-6-14)11-25-18-10-17(26-12-27-18)13-7-8-15(16(21)9-13)20(22,23)24/h2-10,12,28H,11H2,1H3,(H,25,26,27). The van der Waals surface area contributed by atoms with Gasteiger partial charge in [-0.05, 0) is 24.6 Å². The molecule has 0 amide bonds. The van der Waals surface area contributed by atoms with Crippen molar-refractivity contribution in [3.63, 3.8) is 0 Å². The molecule has 2 N–H and O–H groups in total. The van der Waals surface area contributed by atoms with Crippen LogP contribution in [0.4, 0.5) is 19.0 Å². The Bertz CT molecular complexity index is 962. The van der Waals surface area contributed by atoms with Gasteiger partial charge in [0, 0.05) is 18.2 Å². The zero-order valence-electron chi connectivity index (χ0n) is 14.8. The zero-order chi connectivity index (χ0) is 20.4. The molecule has 8 heteroatoms. The van der Waals surface area contributed by atoms with E-state index in [2.05, 4.69) is 15.3 Å². The minimum atomic E-state index is -4.52. The molecule has 1 heterocycles. The molecule has 1 atom stereocenters. The Morgan fingerprint density at radius 1 is 1.04 bits per heavy atom. The SMILES string of the molecule is CC(O)(CNc1cc(-c2ccc(C(F)(F)F)c(Cl)c2)ncn1)c1ccccc1. The number of aromatic nitrogens is 2. The quantitative estimate of drug-likeness (QED) is 0.615. The molecule has 146 valence electrons. The highest BCUT2D eigenvalue weighted by Crippen LogP contribution is 2.36. The second-order valence-electron chi connectivity index (χ2n) is 6.47. The average Bonchev–Trinajstić information content (AvgIpc) is 2.66. The van der Waals surface area contributed by atoms with Crippen LogP contribution in [0.15, 0.2) is 60.9 Å². The molecule has 0 aliphatic rings. The van der Waals surface area contributed by atoms with Crippen LogP contribution in [0.2, 0.25) is 5.02 Å². The van der Waals surface area contributed by atoms with Crippen molar-refractivity contribution >= 4 is 17.4 Å². The molecule has 28 heavy (non-hydrogen) atoms. The van der Waals surface area contributed by atoms with Gasteiger partial charge in [0.25, 0.3) is 0 Å². The highest BCUT2D eigenvalue weighted by atomic mass is 35.5. The second kappa shape index (κ2) is 7.77. The lowest BCUT2D eigenvalue weighted by atomic mass is 9.96. The van der Waals surface area contributed by atoms with Crippen LogP contribution in [-0.2, 0) is 11.8 Å². The smallest absolute Gasteiger partial charge is 0.384 e. The van der Waals surface area contributed by atoms with Gasteiger partial charge in [0.15, 0.2) is 0 Å². The van der Waals surface area contributed by atoms with Gasteiger partial charge in [0.1, 0.15) is 17.7 Å². The molecule has 0 bridgehead atoms. The Morgan fingerprint density at radius 3 is 2.39 bits per heavy atom. The van der Waals surface area contributed by atoms with Crippen LogP contribution in [0.25, 0.3) is 11.3 Å². The fourth-order valence-electron chi connectivity index (χ4n) is 2.68. The number of alkyl halides is 3. The highest BCUT2D eigenvalue weighted by Gasteiger charge is 2.33. The molecule has 3 rings (SSSR count). The van der Waals surface area contributed by atoms with Crippen molar-refractivity contribution in [2.24, 2.45) is 0 Å². The van der Waals surface area contributed by atoms with Crippen molar-refractivity contribution in [2.45, 2.75) is 18.7 Å². The van der Waals surface area contributed by atoms with Crippen molar-refractivity contribution in [1.82, 2.24) is 9.97 Å². The van der Waals surface area contributed by atoms with Gasteiger partial charge in [-0.2, -0.15) is 13.2 Å². The van der Waals surface area contributed by atoms with Crippen molar-refractivity contribution in [3.05, 3.63) is 77.1 Å². The predicted octanol–water partition coefficient (Wildman–Crippen LogP) is 5.14. The van der Waals surface area contributed by atoms with Crippen molar-refractivity contribution in [2.75, 3.05) is 11.9 Å². The first kappa shape index (κ1) is 20.1. The second-order valence-corrected chi connectivity index (χ2v) is 6.88. The summed E-state index contributed by atoms with van der Waals surface area (Å²) in [7, 11) is 0. The van der Waals surface area contributed by atoms with E-state index < -0.39 is 22.4 Å². The summed E-state index contributed by atoms with van der Waals surface area (Å²) in [5, 5.41) is 13.3. The van der Waals surface area contributed by atoms with E-state index in [1.165, 1.54) is 18.5 Å². The van der Waals surface area contributed by atoms with E-state index >= 15 is 0 Å². The highest BCUT2D eigenvalue weighted by molar-refractivity contribution is 6.31. The molecule has 1 unspecified atom stereocenters. The van der Waals surface area contributed by atoms with Crippen LogP contribution in [0.1, 0.15) is 18.1 Å². The van der Waals surface area contributed by atoms with Crippen LogP contribution in [-0.4, -0.2) is 21.6 Å². The summed E-state index contributed by atoms with van der Waals surface area (Å²) in [6, 6.07) is 14.2. The lowest BCUT2D eigenvalue weighted by molar-refractivity contribution is -0.137. The summed E-state index contributed by atoms with van der Waals surface area (Å²) in [6.07, 6.45) is -3.22. The molecule has 0 radical (unpaired) electrons. The Hall–Kier alpha value is -2.64. The van der Waals surface area contributed by atoms with Gasteiger partial charge in [-0.25, -0.2) is 9.97 Å². The molecule has 2 aromatic carbocycles. The molecular weight excluding hydrogens is 391 g/mol. The van der Waals surface area contributed by atoms with Crippen molar-refractivity contribution in [3.8, 4) is 11.3 Å². The summed E-state index contributed by atoms with van der Waals surface area (Å²) in [5.74, 6) is 0.428. The summed E-state index contributed by atoms with van der Waals surface area (Å²) in [4.78, 5) is 8.19. The molecule has 0 aliphatic heterocycles. The first-order valence-corrected chi connectivity index (χ1v) is 8.75. The molecule has 0 saturated carbocycles. The Labute approximate surface area is 165 Å². The number of nitrogens with one attached hydrogen (secondary N) is 1.